The van der Waals surface area contributed by atoms with Crippen LogP contribution >= 0.6 is 0 Å². The van der Waals surface area contributed by atoms with Crippen LogP contribution in [0.5, 0.6) is 0 Å². The normalized spacial score (nSPS) is 3.20. The highest BCUT2D eigenvalue weighted by Gasteiger charge is 1.36. The summed E-state index contributed by atoms with van der Waals surface area (Å²) >= 11 is 0. The van der Waals surface area contributed by atoms with Crippen LogP contribution in [0.4, 0.5) is 0 Å². The van der Waals surface area contributed by atoms with Gasteiger partial charge in [0.25, 0.3) is 0 Å². The molecule has 0 aromatic heterocycles. The van der Waals surface area contributed by atoms with Crippen LogP contribution in [0.3, 0.4) is 0 Å². The minimum atomic E-state index is 0.297. The van der Waals surface area contributed by atoms with Crippen molar-refractivity contribution in [3.8, 4) is 17.5 Å². The van der Waals surface area contributed by atoms with Crippen molar-refractivity contribution in [2.24, 2.45) is 0 Å². The van der Waals surface area contributed by atoms with Crippen molar-refractivity contribution in [2.75, 3.05) is 0 Å². The fourth-order valence-electron chi connectivity index (χ4n) is 0.0722. The molecule has 0 aliphatic rings. The maximum Gasteiger partial charge on any atom is 0.0803 e. The highest BCUT2D eigenvalue weighted by Crippen LogP contribution is 1.34. The Balaban J connectivity index is 3.30. The van der Waals surface area contributed by atoms with Gasteiger partial charge in [0, 0.05) is 0 Å². The van der Waals surface area contributed by atoms with Crippen LogP contribution in [-0.4, -0.2) is 8.96 Å². The lowest BCUT2D eigenvalue weighted by Gasteiger charge is -1.42. The summed E-state index contributed by atoms with van der Waals surface area (Å²) in [7, 11) is 0.297. The first-order valence-electron chi connectivity index (χ1n) is 1.29. The highest BCUT2D eigenvalue weighted by atomic mass is 28.2. The average molecular weight is 80.2 g/mol. The molecule has 0 saturated heterocycles. The maximum absolute atomic E-state index is 4.99. The van der Waals surface area contributed by atoms with E-state index >= 15 is 0 Å². The number of rotatable bonds is 0. The van der Waals surface area contributed by atoms with Crippen LogP contribution in [0, 0.1) is 17.5 Å². The molecule has 5 heavy (non-hydrogen) atoms. The second-order valence-corrected chi connectivity index (χ2v) is 1.06. The third-order valence-corrected chi connectivity index (χ3v) is 0.592. The van der Waals surface area contributed by atoms with Gasteiger partial charge in [-0.05, 0) is 6.92 Å². The van der Waals surface area contributed by atoms with E-state index in [4.69, 9.17) is 6.00 Å². The maximum atomic E-state index is 4.99. The lowest BCUT2D eigenvalue weighted by atomic mass is 10.8. The van der Waals surface area contributed by atoms with Crippen molar-refractivity contribution in [3.05, 3.63) is 0 Å². The standard InChI is InChI=1S/C4H4Si/c1-3-4-5-2/h2H,1H3. The summed E-state index contributed by atoms with van der Waals surface area (Å²) in [6.07, 6.45) is 0. The molecule has 0 aliphatic carbocycles. The fraction of sp³-hybridized carbons (Fsp3) is 0.250. The molecule has 0 saturated carbocycles. The van der Waals surface area contributed by atoms with Gasteiger partial charge in [0.1, 0.15) is 0 Å². The zero-order valence-electron chi connectivity index (χ0n) is 3.08. The van der Waals surface area contributed by atoms with Gasteiger partial charge in [-0.3, -0.25) is 0 Å². The van der Waals surface area contributed by atoms with E-state index in [1.54, 1.807) is 6.92 Å². The number of hydrogen-bond donors (Lipinski definition) is 0. The molecule has 0 heterocycles. The largest absolute Gasteiger partial charge is 0.146 e. The van der Waals surface area contributed by atoms with E-state index in [0.29, 0.717) is 8.96 Å². The van der Waals surface area contributed by atoms with Crippen molar-refractivity contribution >= 4 is 8.96 Å². The molecule has 0 nitrogen and oxygen atoms in total. The van der Waals surface area contributed by atoms with E-state index in [9.17, 15) is 0 Å². The quantitative estimate of drug-likeness (QED) is 0.289. The molecule has 24 valence electrons. The van der Waals surface area contributed by atoms with Crippen molar-refractivity contribution in [1.29, 1.82) is 0 Å². The van der Waals surface area contributed by atoms with Crippen molar-refractivity contribution < 1.29 is 0 Å². The van der Waals surface area contributed by atoms with Gasteiger partial charge in [0.15, 0.2) is 0 Å². The van der Waals surface area contributed by atoms with E-state index < -0.39 is 0 Å². The molecular formula is C4H4Si. The first kappa shape index (κ1) is 4.56. The van der Waals surface area contributed by atoms with Gasteiger partial charge < -0.3 is 0 Å². The topological polar surface area (TPSA) is 0 Å². The molecule has 0 N–H and O–H groups in total. The molecule has 0 aromatic carbocycles. The van der Waals surface area contributed by atoms with Crippen molar-refractivity contribution in [1.82, 2.24) is 0 Å². The Labute approximate surface area is 34.3 Å². The summed E-state index contributed by atoms with van der Waals surface area (Å²) in [6, 6.07) is 4.99. The van der Waals surface area contributed by atoms with Crippen LogP contribution in [0.15, 0.2) is 0 Å². The molecule has 0 unspecified atom stereocenters. The van der Waals surface area contributed by atoms with Gasteiger partial charge >= 0.3 is 0 Å². The van der Waals surface area contributed by atoms with Gasteiger partial charge in [0.05, 0.1) is 8.96 Å². The minimum absolute atomic E-state index is 0.297. The zero-order valence-corrected chi connectivity index (χ0v) is 4.08. The predicted molar refractivity (Wildman–Crippen MR) is 24.1 cm³/mol. The average Bonchev–Trinajstić information content (AvgIpc) is 1.41. The Bertz CT molecular complexity index is 97.0. The predicted octanol–water partition coefficient (Wildman–Crippen LogP) is 0.260. The van der Waals surface area contributed by atoms with Crippen molar-refractivity contribution in [3.63, 3.8) is 0 Å². The van der Waals surface area contributed by atoms with E-state index in [2.05, 4.69) is 11.5 Å². The Morgan fingerprint density at radius 2 is 2.40 bits per heavy atom. The molecular weight excluding hydrogens is 76.1 g/mol. The molecule has 0 aliphatic heterocycles. The fourth-order valence-corrected chi connectivity index (χ4v) is 0.217. The summed E-state index contributed by atoms with van der Waals surface area (Å²) < 4.78 is 0. The van der Waals surface area contributed by atoms with E-state index in [0.717, 1.165) is 0 Å². The van der Waals surface area contributed by atoms with Crippen molar-refractivity contribution in [2.45, 2.75) is 6.92 Å². The monoisotopic (exact) mass is 80.0 g/mol. The Morgan fingerprint density at radius 3 is 2.40 bits per heavy atom. The lowest BCUT2D eigenvalue weighted by Crippen LogP contribution is -1.49. The SMILES string of the molecule is C#[Si]C#CC. The van der Waals surface area contributed by atoms with E-state index in [1.165, 1.54) is 0 Å². The molecule has 0 spiro atoms. The molecule has 0 bridgehead atoms. The second kappa shape index (κ2) is 3.56. The smallest absolute Gasteiger partial charge is 0.0803 e. The van der Waals surface area contributed by atoms with Crippen LogP contribution in [0.2, 0.25) is 0 Å². The summed E-state index contributed by atoms with van der Waals surface area (Å²) in [5.41, 5.74) is 2.67. The minimum Gasteiger partial charge on any atom is -0.146 e. The van der Waals surface area contributed by atoms with Gasteiger partial charge in [-0.1, -0.05) is 5.54 Å². The summed E-state index contributed by atoms with van der Waals surface area (Å²) in [6.45, 7) is 1.78. The van der Waals surface area contributed by atoms with Crippen LogP contribution in [0.1, 0.15) is 6.92 Å². The third-order valence-electron chi connectivity index (χ3n) is 0.197. The van der Waals surface area contributed by atoms with Gasteiger partial charge in [-0.25, -0.2) is 0 Å². The molecule has 0 atom stereocenters. The van der Waals surface area contributed by atoms with Gasteiger partial charge in [0.2, 0.25) is 0 Å². The third kappa shape index (κ3) is 3.56. The highest BCUT2D eigenvalue weighted by molar-refractivity contribution is 6.33. The summed E-state index contributed by atoms with van der Waals surface area (Å²) in [4.78, 5) is 0. The Hall–Kier alpha value is -0.443. The van der Waals surface area contributed by atoms with E-state index in [-0.39, 0.29) is 0 Å². The Kier molecular flexibility index (Phi) is 3.24. The molecule has 0 amide bonds. The molecule has 0 rings (SSSR count). The summed E-state index contributed by atoms with van der Waals surface area (Å²) in [5.74, 6) is 2.65. The first-order valence-corrected chi connectivity index (χ1v) is 2.37. The van der Waals surface area contributed by atoms with Gasteiger partial charge in [-0.2, -0.15) is 0 Å². The zero-order chi connectivity index (χ0) is 4.12. The number of hydrogen-bond acceptors (Lipinski definition) is 0. The van der Waals surface area contributed by atoms with Gasteiger partial charge in [-0.15, -0.1) is 11.9 Å². The Morgan fingerprint density at radius 1 is 1.80 bits per heavy atom. The molecule has 0 aromatic rings. The molecule has 0 radical (unpaired) electrons. The first-order chi connectivity index (χ1) is 2.41. The molecule has 0 fully saturated rings. The second-order valence-electron chi connectivity index (χ2n) is 0.519. The lowest BCUT2D eigenvalue weighted by molar-refractivity contribution is 1.93. The molecule has 1 heteroatoms. The van der Waals surface area contributed by atoms with Crippen LogP contribution in [-0.2, 0) is 0 Å². The van der Waals surface area contributed by atoms with E-state index in [1.807, 2.05) is 0 Å². The summed E-state index contributed by atoms with van der Waals surface area (Å²) in [5, 5.41) is 0. The van der Waals surface area contributed by atoms with Crippen LogP contribution in [0.25, 0.3) is 0 Å². The van der Waals surface area contributed by atoms with Crippen LogP contribution < -0.4 is 0 Å².